The Kier molecular flexibility index (Phi) is 5.98. The van der Waals surface area contributed by atoms with Crippen LogP contribution >= 0.6 is 0 Å². The molecule has 1 N–H and O–H groups in total. The molecule has 0 unspecified atom stereocenters. The first kappa shape index (κ1) is 22.0. The zero-order chi connectivity index (χ0) is 22.9. The van der Waals surface area contributed by atoms with E-state index in [2.05, 4.69) is 20.4 Å². The minimum absolute atomic E-state index is 0.0877. The number of fused-ring (bicyclic) bond motifs is 1. The number of halogens is 4. The standard InChI is InChI=1S/C21H22F4N6O/c1-30-12-14-6-15(7-16(22)19(14)29-30)28-20(32)17-8-27-18(9-26-17)31-10-13(11-31)4-2-3-5-21(23,24)25/h6-9,12-13H,2-5,10-11H2,1H3,(H,28,32). The van der Waals surface area contributed by atoms with Crippen molar-refractivity contribution in [3.63, 3.8) is 0 Å². The fourth-order valence-electron chi connectivity index (χ4n) is 3.78. The van der Waals surface area contributed by atoms with Crippen molar-refractivity contribution in [3.8, 4) is 0 Å². The number of carbonyl (C=O) groups is 1. The summed E-state index contributed by atoms with van der Waals surface area (Å²) in [4.78, 5) is 22.8. The summed E-state index contributed by atoms with van der Waals surface area (Å²) in [7, 11) is 1.68. The molecule has 1 fully saturated rings. The lowest BCUT2D eigenvalue weighted by Gasteiger charge is -2.40. The molecule has 0 radical (unpaired) electrons. The van der Waals surface area contributed by atoms with Crippen molar-refractivity contribution in [2.45, 2.75) is 31.9 Å². The molecule has 1 aliphatic rings. The molecular formula is C21H22F4N6O. The van der Waals surface area contributed by atoms with E-state index in [1.54, 1.807) is 19.3 Å². The van der Waals surface area contributed by atoms with Crippen molar-refractivity contribution >= 4 is 28.3 Å². The Morgan fingerprint density at radius 2 is 1.97 bits per heavy atom. The molecule has 0 spiro atoms. The molecule has 32 heavy (non-hydrogen) atoms. The second-order valence-corrected chi connectivity index (χ2v) is 8.04. The number of aryl methyl sites for hydroxylation is 1. The fraction of sp³-hybridized carbons (Fsp3) is 0.429. The highest BCUT2D eigenvalue weighted by Crippen LogP contribution is 2.28. The van der Waals surface area contributed by atoms with Crippen molar-refractivity contribution in [1.29, 1.82) is 0 Å². The van der Waals surface area contributed by atoms with Gasteiger partial charge in [0.1, 0.15) is 17.0 Å². The number of nitrogens with one attached hydrogen (secondary N) is 1. The molecule has 3 aromatic rings. The van der Waals surface area contributed by atoms with Crippen molar-refractivity contribution in [2.24, 2.45) is 13.0 Å². The van der Waals surface area contributed by atoms with Crippen molar-refractivity contribution in [1.82, 2.24) is 19.7 Å². The van der Waals surface area contributed by atoms with Crippen LogP contribution in [0.25, 0.3) is 10.9 Å². The molecule has 4 rings (SSSR count). The van der Waals surface area contributed by atoms with Gasteiger partial charge in [-0.3, -0.25) is 9.48 Å². The molecule has 7 nitrogen and oxygen atoms in total. The molecule has 0 saturated carbocycles. The lowest BCUT2D eigenvalue weighted by atomic mass is 9.93. The van der Waals surface area contributed by atoms with Gasteiger partial charge in [0.05, 0.1) is 12.4 Å². The van der Waals surface area contributed by atoms with E-state index < -0.39 is 24.3 Å². The summed E-state index contributed by atoms with van der Waals surface area (Å²) >= 11 is 0. The molecule has 1 aromatic carbocycles. The molecule has 1 saturated heterocycles. The van der Waals surface area contributed by atoms with Crippen molar-refractivity contribution in [2.75, 3.05) is 23.3 Å². The van der Waals surface area contributed by atoms with Crippen LogP contribution in [-0.4, -0.2) is 44.9 Å². The molecule has 11 heteroatoms. The van der Waals surface area contributed by atoms with Gasteiger partial charge < -0.3 is 10.2 Å². The SMILES string of the molecule is Cn1cc2cc(NC(=O)c3cnc(N4CC(CCCCC(F)(F)F)C4)cn3)cc(F)c2n1. The Labute approximate surface area is 181 Å². The van der Waals surface area contributed by atoms with Gasteiger partial charge in [0, 0.05) is 43.8 Å². The van der Waals surface area contributed by atoms with Crippen LogP contribution in [0.15, 0.2) is 30.7 Å². The Bertz CT molecular complexity index is 1110. The van der Waals surface area contributed by atoms with Crippen LogP contribution in [0.1, 0.15) is 36.2 Å². The summed E-state index contributed by atoms with van der Waals surface area (Å²) in [6.45, 7) is 1.41. The summed E-state index contributed by atoms with van der Waals surface area (Å²) in [5, 5.41) is 7.20. The molecule has 0 bridgehead atoms. The van der Waals surface area contributed by atoms with Crippen LogP contribution in [0.5, 0.6) is 0 Å². The minimum atomic E-state index is -4.09. The van der Waals surface area contributed by atoms with Crippen LogP contribution < -0.4 is 10.2 Å². The van der Waals surface area contributed by atoms with Crippen LogP contribution in [0.3, 0.4) is 0 Å². The lowest BCUT2D eigenvalue weighted by Crippen LogP contribution is -2.47. The first-order chi connectivity index (χ1) is 15.2. The van der Waals surface area contributed by atoms with Gasteiger partial charge in [-0.1, -0.05) is 6.42 Å². The molecule has 2 aromatic heterocycles. The Morgan fingerprint density at radius 3 is 2.66 bits per heavy atom. The van der Waals surface area contributed by atoms with E-state index in [0.717, 1.165) is 6.42 Å². The Balaban J connectivity index is 1.28. The van der Waals surface area contributed by atoms with Gasteiger partial charge in [0.2, 0.25) is 0 Å². The number of nitrogens with zero attached hydrogens (tertiary/aromatic N) is 5. The summed E-state index contributed by atoms with van der Waals surface area (Å²) in [6, 6.07) is 2.82. The maximum Gasteiger partial charge on any atom is 0.389 e. The third-order valence-electron chi connectivity index (χ3n) is 5.41. The zero-order valence-corrected chi connectivity index (χ0v) is 17.4. The number of hydrogen-bond acceptors (Lipinski definition) is 5. The van der Waals surface area contributed by atoms with E-state index in [9.17, 15) is 22.4 Å². The fourth-order valence-corrected chi connectivity index (χ4v) is 3.78. The highest BCUT2D eigenvalue weighted by Gasteiger charge is 2.29. The molecule has 0 atom stereocenters. The van der Waals surface area contributed by atoms with E-state index in [1.165, 1.54) is 23.1 Å². The number of anilines is 2. The third kappa shape index (κ3) is 5.14. The van der Waals surface area contributed by atoms with Crippen LogP contribution in [0.4, 0.5) is 29.1 Å². The van der Waals surface area contributed by atoms with Gasteiger partial charge >= 0.3 is 6.18 Å². The van der Waals surface area contributed by atoms with Crippen molar-refractivity contribution < 1.29 is 22.4 Å². The summed E-state index contributed by atoms with van der Waals surface area (Å²) < 4.78 is 52.2. The van der Waals surface area contributed by atoms with E-state index in [-0.39, 0.29) is 23.3 Å². The van der Waals surface area contributed by atoms with Crippen molar-refractivity contribution in [3.05, 3.63) is 42.2 Å². The van der Waals surface area contributed by atoms with E-state index in [0.29, 0.717) is 36.6 Å². The van der Waals surface area contributed by atoms with E-state index in [4.69, 9.17) is 0 Å². The summed E-state index contributed by atoms with van der Waals surface area (Å²) in [5.74, 6) is -0.107. The van der Waals surface area contributed by atoms with Crippen LogP contribution in [0, 0.1) is 11.7 Å². The smallest absolute Gasteiger partial charge is 0.355 e. The highest BCUT2D eigenvalue weighted by atomic mass is 19.4. The average Bonchev–Trinajstić information content (AvgIpc) is 3.06. The zero-order valence-electron chi connectivity index (χ0n) is 17.4. The largest absolute Gasteiger partial charge is 0.389 e. The first-order valence-electron chi connectivity index (χ1n) is 10.3. The minimum Gasteiger partial charge on any atom is -0.355 e. The predicted molar refractivity (Wildman–Crippen MR) is 111 cm³/mol. The van der Waals surface area contributed by atoms with Gasteiger partial charge in [0.15, 0.2) is 5.82 Å². The number of benzene rings is 1. The number of unbranched alkanes of at least 4 members (excludes halogenated alkanes) is 1. The molecule has 1 aliphatic heterocycles. The van der Waals surface area contributed by atoms with Gasteiger partial charge in [-0.15, -0.1) is 0 Å². The number of amides is 1. The van der Waals surface area contributed by atoms with Gasteiger partial charge in [-0.2, -0.15) is 18.3 Å². The van der Waals surface area contributed by atoms with Gasteiger partial charge in [-0.05, 0) is 30.9 Å². The molecule has 170 valence electrons. The summed E-state index contributed by atoms with van der Waals surface area (Å²) in [6.07, 6.45) is 1.11. The molecular weight excluding hydrogens is 428 g/mol. The molecule has 1 amide bonds. The summed E-state index contributed by atoms with van der Waals surface area (Å²) in [5.41, 5.74) is 0.600. The van der Waals surface area contributed by atoms with E-state index in [1.807, 2.05) is 4.90 Å². The second kappa shape index (κ2) is 8.71. The Hall–Kier alpha value is -3.24. The number of aromatic nitrogens is 4. The van der Waals surface area contributed by atoms with E-state index >= 15 is 0 Å². The van der Waals surface area contributed by atoms with Gasteiger partial charge in [0.25, 0.3) is 5.91 Å². The first-order valence-corrected chi connectivity index (χ1v) is 10.3. The second-order valence-electron chi connectivity index (χ2n) is 8.04. The highest BCUT2D eigenvalue weighted by molar-refractivity contribution is 6.03. The average molecular weight is 450 g/mol. The maximum absolute atomic E-state index is 14.2. The van der Waals surface area contributed by atoms with Gasteiger partial charge in [-0.25, -0.2) is 14.4 Å². The lowest BCUT2D eigenvalue weighted by molar-refractivity contribution is -0.135. The van der Waals surface area contributed by atoms with Crippen LogP contribution in [0.2, 0.25) is 0 Å². The normalized spacial score (nSPS) is 14.6. The number of rotatable bonds is 7. The Morgan fingerprint density at radius 1 is 1.19 bits per heavy atom. The predicted octanol–water partition coefficient (Wildman–Crippen LogP) is 4.31. The van der Waals surface area contributed by atoms with Crippen LogP contribution in [-0.2, 0) is 7.05 Å². The monoisotopic (exact) mass is 450 g/mol. The maximum atomic E-state index is 14.2. The number of hydrogen-bond donors (Lipinski definition) is 1. The third-order valence-corrected chi connectivity index (χ3v) is 5.41. The molecule has 3 heterocycles. The molecule has 0 aliphatic carbocycles. The number of alkyl halides is 3. The number of carbonyl (C=O) groups excluding carboxylic acids is 1. The topological polar surface area (TPSA) is 75.9 Å². The quantitative estimate of drug-likeness (QED) is 0.429.